The van der Waals surface area contributed by atoms with Crippen molar-refractivity contribution in [1.82, 2.24) is 15.1 Å². The Hall–Kier alpha value is -3.01. The van der Waals surface area contributed by atoms with Crippen molar-refractivity contribution in [2.45, 2.75) is 51.4 Å². The summed E-state index contributed by atoms with van der Waals surface area (Å²) in [5.41, 5.74) is 1.25. The van der Waals surface area contributed by atoms with Crippen LogP contribution in [0.15, 0.2) is 36.4 Å². The molecule has 4 rings (SSSR count). The number of aromatic nitrogens is 2. The van der Waals surface area contributed by atoms with Gasteiger partial charge in [-0.1, -0.05) is 18.2 Å². The van der Waals surface area contributed by atoms with E-state index in [4.69, 9.17) is 0 Å². The van der Waals surface area contributed by atoms with Crippen molar-refractivity contribution in [2.24, 2.45) is 0 Å². The van der Waals surface area contributed by atoms with E-state index in [1.54, 1.807) is 55.9 Å². The summed E-state index contributed by atoms with van der Waals surface area (Å²) >= 11 is 0. The molecular formula is C26H30F5N5. The fraction of sp³-hybridized carbons (Fsp3) is 0.462. The Kier molecular flexibility index (Phi) is 6.85. The van der Waals surface area contributed by atoms with E-state index in [9.17, 15) is 22.0 Å². The van der Waals surface area contributed by atoms with Gasteiger partial charge in [0.05, 0.1) is 29.9 Å². The summed E-state index contributed by atoms with van der Waals surface area (Å²) in [5, 5.41) is 13.1. The van der Waals surface area contributed by atoms with Crippen LogP contribution in [0.25, 0.3) is 10.8 Å². The first-order chi connectivity index (χ1) is 16.8. The smallest absolute Gasteiger partial charge is 0.365 e. The Bertz CT molecular complexity index is 1260. The molecule has 36 heavy (non-hydrogen) atoms. The maximum Gasteiger partial charge on any atom is 0.416 e. The fourth-order valence-electron chi connectivity index (χ4n) is 5.08. The van der Waals surface area contributed by atoms with Gasteiger partial charge >= 0.3 is 6.18 Å². The van der Waals surface area contributed by atoms with Crippen LogP contribution in [-0.4, -0.2) is 54.2 Å². The van der Waals surface area contributed by atoms with Crippen molar-refractivity contribution in [3.05, 3.63) is 58.8 Å². The summed E-state index contributed by atoms with van der Waals surface area (Å²) in [6.07, 6.45) is -4.13. The number of halogens is 5. The van der Waals surface area contributed by atoms with Crippen LogP contribution in [0.1, 0.15) is 41.8 Å². The van der Waals surface area contributed by atoms with Crippen LogP contribution < -0.4 is 10.2 Å². The van der Waals surface area contributed by atoms with Crippen molar-refractivity contribution in [3.63, 3.8) is 0 Å². The zero-order chi connectivity index (χ0) is 26.4. The van der Waals surface area contributed by atoms with Crippen LogP contribution in [-0.2, 0) is 6.18 Å². The third-order valence-corrected chi connectivity index (χ3v) is 7.00. The molecule has 2 aromatic carbocycles. The van der Waals surface area contributed by atoms with Crippen molar-refractivity contribution in [2.75, 3.05) is 37.4 Å². The molecule has 2 atom stereocenters. The number of nitrogens with one attached hydrogen (secondary N) is 1. The molecule has 0 amide bonds. The molecule has 2 heterocycles. The quantitative estimate of drug-likeness (QED) is 0.416. The molecule has 1 aromatic heterocycles. The highest BCUT2D eigenvalue weighted by Gasteiger charge is 2.45. The molecule has 1 fully saturated rings. The molecule has 1 aliphatic heterocycles. The molecule has 0 aliphatic carbocycles. The van der Waals surface area contributed by atoms with Crippen LogP contribution in [0, 0.1) is 13.8 Å². The second-order valence-electron chi connectivity index (χ2n) is 9.70. The molecule has 1 N–H and O–H groups in total. The lowest BCUT2D eigenvalue weighted by atomic mass is 9.97. The van der Waals surface area contributed by atoms with Gasteiger partial charge in [0.15, 0.2) is 5.82 Å². The van der Waals surface area contributed by atoms with Crippen LogP contribution in [0.5, 0.6) is 0 Å². The van der Waals surface area contributed by atoms with Crippen molar-refractivity contribution < 1.29 is 22.0 Å². The molecule has 194 valence electrons. The second kappa shape index (κ2) is 9.46. The van der Waals surface area contributed by atoms with Gasteiger partial charge < -0.3 is 15.1 Å². The lowest BCUT2D eigenvalue weighted by molar-refractivity contribution is -0.138. The molecule has 1 saturated heterocycles. The number of hydrogen-bond donors (Lipinski definition) is 1. The number of benzene rings is 2. The number of rotatable bonds is 5. The summed E-state index contributed by atoms with van der Waals surface area (Å²) in [7, 11) is 3.33. The topological polar surface area (TPSA) is 44.3 Å². The zero-order valence-electron chi connectivity index (χ0n) is 20.9. The average molecular weight is 508 g/mol. The van der Waals surface area contributed by atoms with Gasteiger partial charge in [-0.3, -0.25) is 0 Å². The largest absolute Gasteiger partial charge is 0.416 e. The lowest BCUT2D eigenvalue weighted by Gasteiger charge is -2.42. The monoisotopic (exact) mass is 507 g/mol. The van der Waals surface area contributed by atoms with E-state index in [2.05, 4.69) is 15.5 Å². The van der Waals surface area contributed by atoms with Gasteiger partial charge in [0.25, 0.3) is 5.92 Å². The normalized spacial score (nSPS) is 19.1. The summed E-state index contributed by atoms with van der Waals surface area (Å²) in [4.78, 5) is 3.23. The standard InChI is InChI=1S/C26H30F5N5/c1-15-19(7-6-8-22(15)26(29,30)31)16(2)32-24-21-13-18(9-10-20(21)17(3)33-34-24)36-12-11-23(35(4)5)25(27,28)14-36/h6-10,13,16,23H,11-12,14H2,1-5H3,(H,32,34)/t16-,23+/m1/s1. The van der Waals surface area contributed by atoms with E-state index in [1.807, 2.05) is 6.07 Å². The second-order valence-corrected chi connectivity index (χ2v) is 9.70. The van der Waals surface area contributed by atoms with Crippen molar-refractivity contribution in [3.8, 4) is 0 Å². The van der Waals surface area contributed by atoms with Crippen LogP contribution in [0.3, 0.4) is 0 Å². The first kappa shape index (κ1) is 26.1. The zero-order valence-corrected chi connectivity index (χ0v) is 20.9. The van der Waals surface area contributed by atoms with E-state index >= 15 is 0 Å². The Morgan fingerprint density at radius 3 is 2.44 bits per heavy atom. The molecule has 0 spiro atoms. The predicted octanol–water partition coefficient (Wildman–Crippen LogP) is 6.21. The highest BCUT2D eigenvalue weighted by molar-refractivity contribution is 5.95. The van der Waals surface area contributed by atoms with E-state index < -0.39 is 36.3 Å². The minimum Gasteiger partial charge on any atom is -0.365 e. The lowest BCUT2D eigenvalue weighted by Crippen LogP contribution is -2.56. The van der Waals surface area contributed by atoms with Gasteiger partial charge in [-0.25, -0.2) is 8.78 Å². The number of aryl methyl sites for hydroxylation is 1. The first-order valence-corrected chi connectivity index (χ1v) is 11.8. The molecule has 3 aromatic rings. The summed E-state index contributed by atoms with van der Waals surface area (Å²) in [5.74, 6) is -2.49. The Balaban J connectivity index is 1.68. The number of fused-ring (bicyclic) bond motifs is 1. The molecule has 0 saturated carbocycles. The van der Waals surface area contributed by atoms with E-state index in [-0.39, 0.29) is 5.56 Å². The summed E-state index contributed by atoms with van der Waals surface area (Å²) in [6, 6.07) is 8.20. The predicted molar refractivity (Wildman–Crippen MR) is 132 cm³/mol. The number of alkyl halides is 5. The highest BCUT2D eigenvalue weighted by atomic mass is 19.4. The SMILES string of the molecule is Cc1c([C@@H](C)Nc2nnc(C)c3ccc(N4CC[C@H](N(C)C)C(F)(F)C4)cc23)cccc1C(F)(F)F. The molecule has 0 radical (unpaired) electrons. The van der Waals surface area contributed by atoms with Gasteiger partial charge in [0.2, 0.25) is 0 Å². The molecule has 0 unspecified atom stereocenters. The minimum atomic E-state index is -4.45. The number of anilines is 2. The number of hydrogen-bond acceptors (Lipinski definition) is 5. The van der Waals surface area contributed by atoms with Gasteiger partial charge in [0.1, 0.15) is 0 Å². The van der Waals surface area contributed by atoms with Crippen molar-refractivity contribution >= 4 is 22.3 Å². The van der Waals surface area contributed by atoms with Crippen LogP contribution in [0.4, 0.5) is 33.5 Å². The van der Waals surface area contributed by atoms with Gasteiger partial charge in [0, 0.05) is 23.0 Å². The van der Waals surface area contributed by atoms with Crippen molar-refractivity contribution in [1.29, 1.82) is 0 Å². The third kappa shape index (κ3) is 4.96. The highest BCUT2D eigenvalue weighted by Crippen LogP contribution is 2.37. The van der Waals surface area contributed by atoms with E-state index in [0.717, 1.165) is 11.5 Å². The third-order valence-electron chi connectivity index (χ3n) is 7.00. The summed E-state index contributed by atoms with van der Waals surface area (Å²) in [6.45, 7) is 5.08. The average Bonchev–Trinajstić information content (AvgIpc) is 2.79. The number of piperidine rings is 1. The minimum absolute atomic E-state index is 0.140. The summed E-state index contributed by atoms with van der Waals surface area (Å²) < 4.78 is 69.9. The molecule has 5 nitrogen and oxygen atoms in total. The fourth-order valence-corrected chi connectivity index (χ4v) is 5.08. The molecule has 10 heteroatoms. The van der Waals surface area contributed by atoms with E-state index in [1.165, 1.54) is 13.0 Å². The Labute approximate surface area is 207 Å². The first-order valence-electron chi connectivity index (χ1n) is 11.8. The molecular weight excluding hydrogens is 477 g/mol. The van der Waals surface area contributed by atoms with Gasteiger partial charge in [-0.2, -0.15) is 18.3 Å². The maximum atomic E-state index is 14.8. The molecule has 0 bridgehead atoms. The van der Waals surface area contributed by atoms with Gasteiger partial charge in [-0.05, 0) is 70.6 Å². The Morgan fingerprint density at radius 2 is 1.81 bits per heavy atom. The number of nitrogens with zero attached hydrogens (tertiary/aromatic N) is 4. The van der Waals surface area contributed by atoms with Crippen LogP contribution in [0.2, 0.25) is 0 Å². The Morgan fingerprint density at radius 1 is 1.08 bits per heavy atom. The maximum absolute atomic E-state index is 14.8. The van der Waals surface area contributed by atoms with E-state index in [0.29, 0.717) is 41.1 Å². The van der Waals surface area contributed by atoms with Gasteiger partial charge in [-0.15, -0.1) is 5.10 Å². The van der Waals surface area contributed by atoms with Crippen LogP contribution >= 0.6 is 0 Å². The molecule has 1 aliphatic rings.